The number of halogens is 3. The van der Waals surface area contributed by atoms with Gasteiger partial charge in [-0.3, -0.25) is 0 Å². The highest BCUT2D eigenvalue weighted by atomic mass is 79.9. The molecular formula is C9H9Br2ClO3S. The molecule has 1 aromatic carbocycles. The molecule has 0 spiro atoms. The quantitative estimate of drug-likeness (QED) is 0.732. The Morgan fingerprint density at radius 1 is 1.25 bits per heavy atom. The van der Waals surface area contributed by atoms with Gasteiger partial charge in [0.1, 0.15) is 10.6 Å². The van der Waals surface area contributed by atoms with Crippen molar-refractivity contribution in [1.29, 1.82) is 0 Å². The lowest BCUT2D eigenvalue weighted by molar-refractivity contribution is 0.236. The smallest absolute Gasteiger partial charge is 0.265 e. The van der Waals surface area contributed by atoms with E-state index in [0.29, 0.717) is 8.95 Å². The van der Waals surface area contributed by atoms with Crippen LogP contribution in [-0.4, -0.2) is 14.5 Å². The van der Waals surface area contributed by atoms with Crippen molar-refractivity contribution < 1.29 is 13.2 Å². The minimum Gasteiger partial charge on any atom is -0.490 e. The molecule has 0 bridgehead atoms. The Morgan fingerprint density at radius 3 is 2.19 bits per heavy atom. The van der Waals surface area contributed by atoms with Crippen molar-refractivity contribution in [1.82, 2.24) is 0 Å². The molecule has 16 heavy (non-hydrogen) atoms. The van der Waals surface area contributed by atoms with Crippen LogP contribution in [0.2, 0.25) is 0 Å². The Bertz CT molecular complexity index is 500. The molecule has 0 N–H and O–H groups in total. The summed E-state index contributed by atoms with van der Waals surface area (Å²) in [6.07, 6.45) is -0.134. The molecule has 0 saturated carbocycles. The monoisotopic (exact) mass is 390 g/mol. The van der Waals surface area contributed by atoms with Gasteiger partial charge >= 0.3 is 0 Å². The van der Waals surface area contributed by atoms with Gasteiger partial charge in [-0.05, 0) is 57.8 Å². The molecule has 0 aliphatic heterocycles. The Kier molecular flexibility index (Phi) is 4.68. The van der Waals surface area contributed by atoms with Crippen LogP contribution < -0.4 is 4.74 Å². The van der Waals surface area contributed by atoms with Gasteiger partial charge in [0.2, 0.25) is 0 Å². The number of rotatable bonds is 3. The van der Waals surface area contributed by atoms with Gasteiger partial charge in [-0.25, -0.2) is 8.42 Å². The van der Waals surface area contributed by atoms with Crippen molar-refractivity contribution in [2.75, 3.05) is 0 Å². The van der Waals surface area contributed by atoms with Gasteiger partial charge in [0, 0.05) is 19.6 Å². The fourth-order valence-electron chi connectivity index (χ4n) is 1.05. The summed E-state index contributed by atoms with van der Waals surface area (Å²) in [5, 5.41) is 0. The molecule has 1 rings (SSSR count). The SMILES string of the molecule is CC(C)Oc1cc(Br)c(Br)cc1S(=O)(=O)Cl. The lowest BCUT2D eigenvalue weighted by Gasteiger charge is -2.13. The number of hydrogen-bond acceptors (Lipinski definition) is 3. The molecule has 0 saturated heterocycles. The Hall–Kier alpha value is 0.220. The highest BCUT2D eigenvalue weighted by molar-refractivity contribution is 9.13. The van der Waals surface area contributed by atoms with E-state index >= 15 is 0 Å². The average molecular weight is 392 g/mol. The Morgan fingerprint density at radius 2 is 1.75 bits per heavy atom. The lowest BCUT2D eigenvalue weighted by atomic mass is 10.3. The highest BCUT2D eigenvalue weighted by Gasteiger charge is 2.19. The van der Waals surface area contributed by atoms with Crippen molar-refractivity contribution in [3.63, 3.8) is 0 Å². The summed E-state index contributed by atoms with van der Waals surface area (Å²) in [7, 11) is 1.51. The van der Waals surface area contributed by atoms with Gasteiger partial charge in [-0.15, -0.1) is 0 Å². The van der Waals surface area contributed by atoms with Crippen LogP contribution in [-0.2, 0) is 9.05 Å². The van der Waals surface area contributed by atoms with Crippen molar-refractivity contribution in [2.24, 2.45) is 0 Å². The van der Waals surface area contributed by atoms with E-state index in [4.69, 9.17) is 15.4 Å². The summed E-state index contributed by atoms with van der Waals surface area (Å²) in [5.41, 5.74) is 0. The molecule has 3 nitrogen and oxygen atoms in total. The predicted molar refractivity (Wildman–Crippen MR) is 70.6 cm³/mol. The zero-order chi connectivity index (χ0) is 12.5. The minimum atomic E-state index is -3.82. The zero-order valence-electron chi connectivity index (χ0n) is 8.50. The van der Waals surface area contributed by atoms with Gasteiger partial charge in [-0.2, -0.15) is 0 Å². The molecule has 0 amide bonds. The van der Waals surface area contributed by atoms with Crippen LogP contribution in [0.4, 0.5) is 0 Å². The van der Waals surface area contributed by atoms with E-state index in [1.54, 1.807) is 19.9 Å². The van der Waals surface area contributed by atoms with Crippen LogP contribution in [0.3, 0.4) is 0 Å². The number of ether oxygens (including phenoxy) is 1. The number of hydrogen-bond donors (Lipinski definition) is 0. The van der Waals surface area contributed by atoms with Crippen molar-refractivity contribution in [3.05, 3.63) is 21.1 Å². The van der Waals surface area contributed by atoms with E-state index in [2.05, 4.69) is 31.9 Å². The number of benzene rings is 1. The molecule has 0 aromatic heterocycles. The van der Waals surface area contributed by atoms with Crippen LogP contribution in [0, 0.1) is 0 Å². The molecule has 0 unspecified atom stereocenters. The molecule has 0 aliphatic carbocycles. The maximum absolute atomic E-state index is 11.3. The third kappa shape index (κ3) is 3.61. The molecular weight excluding hydrogens is 383 g/mol. The molecule has 0 fully saturated rings. The van der Waals surface area contributed by atoms with Crippen LogP contribution in [0.5, 0.6) is 5.75 Å². The lowest BCUT2D eigenvalue weighted by Crippen LogP contribution is -2.08. The van der Waals surface area contributed by atoms with E-state index in [0.717, 1.165) is 0 Å². The van der Waals surface area contributed by atoms with Crippen LogP contribution >= 0.6 is 42.5 Å². The van der Waals surface area contributed by atoms with Crippen LogP contribution in [0.15, 0.2) is 26.0 Å². The van der Waals surface area contributed by atoms with E-state index in [-0.39, 0.29) is 16.7 Å². The standard InChI is InChI=1S/C9H9Br2ClO3S/c1-5(2)15-8-3-6(10)7(11)4-9(8)16(12,13)14/h3-5H,1-2H3. The summed E-state index contributed by atoms with van der Waals surface area (Å²) >= 11 is 6.49. The molecule has 1 aromatic rings. The first kappa shape index (κ1) is 14.3. The average Bonchev–Trinajstić information content (AvgIpc) is 2.08. The molecule has 0 radical (unpaired) electrons. The second kappa shape index (κ2) is 5.25. The fraction of sp³-hybridized carbons (Fsp3) is 0.333. The van der Waals surface area contributed by atoms with Gasteiger partial charge in [0.05, 0.1) is 6.10 Å². The highest BCUT2D eigenvalue weighted by Crippen LogP contribution is 2.35. The summed E-state index contributed by atoms with van der Waals surface area (Å²) in [5.74, 6) is 0.236. The van der Waals surface area contributed by atoms with Gasteiger partial charge < -0.3 is 4.74 Å². The second-order valence-electron chi connectivity index (χ2n) is 3.32. The predicted octanol–water partition coefficient (Wildman–Crippen LogP) is 3.93. The first-order valence-corrected chi connectivity index (χ1v) is 8.21. The normalized spacial score (nSPS) is 11.9. The summed E-state index contributed by atoms with van der Waals surface area (Å²) in [4.78, 5) is -0.0436. The van der Waals surface area contributed by atoms with Crippen molar-refractivity contribution in [3.8, 4) is 5.75 Å². The van der Waals surface area contributed by atoms with Gasteiger partial charge in [0.25, 0.3) is 9.05 Å². The maximum Gasteiger partial charge on any atom is 0.265 e. The Balaban J connectivity index is 3.40. The van der Waals surface area contributed by atoms with Crippen LogP contribution in [0.25, 0.3) is 0 Å². The zero-order valence-corrected chi connectivity index (χ0v) is 13.2. The van der Waals surface area contributed by atoms with Gasteiger partial charge in [0.15, 0.2) is 0 Å². The summed E-state index contributed by atoms with van der Waals surface area (Å²) in [6, 6.07) is 2.98. The topological polar surface area (TPSA) is 43.4 Å². The maximum atomic E-state index is 11.3. The van der Waals surface area contributed by atoms with Gasteiger partial charge in [-0.1, -0.05) is 0 Å². The molecule has 0 atom stereocenters. The van der Waals surface area contributed by atoms with E-state index in [1.807, 2.05) is 0 Å². The van der Waals surface area contributed by atoms with E-state index in [9.17, 15) is 8.42 Å². The van der Waals surface area contributed by atoms with Crippen molar-refractivity contribution >= 4 is 51.6 Å². The largest absolute Gasteiger partial charge is 0.490 e. The van der Waals surface area contributed by atoms with E-state index < -0.39 is 9.05 Å². The van der Waals surface area contributed by atoms with Crippen LogP contribution in [0.1, 0.15) is 13.8 Å². The molecule has 7 heteroatoms. The Labute approximate surface area is 116 Å². The second-order valence-corrected chi connectivity index (χ2v) is 7.56. The minimum absolute atomic E-state index is 0.0436. The van der Waals surface area contributed by atoms with Crippen molar-refractivity contribution in [2.45, 2.75) is 24.8 Å². The first-order chi connectivity index (χ1) is 7.21. The first-order valence-electron chi connectivity index (χ1n) is 4.32. The molecule has 0 heterocycles. The third-order valence-corrected chi connectivity index (χ3v) is 4.80. The fourth-order valence-corrected chi connectivity index (χ4v) is 2.83. The third-order valence-electron chi connectivity index (χ3n) is 1.61. The summed E-state index contributed by atoms with van der Waals surface area (Å²) < 4.78 is 29.4. The molecule has 90 valence electrons. The summed E-state index contributed by atoms with van der Waals surface area (Å²) in [6.45, 7) is 3.61. The molecule has 0 aliphatic rings. The van der Waals surface area contributed by atoms with E-state index in [1.165, 1.54) is 6.07 Å².